The summed E-state index contributed by atoms with van der Waals surface area (Å²) in [6.07, 6.45) is 0.971. The summed E-state index contributed by atoms with van der Waals surface area (Å²) in [5, 5.41) is 3.09. The summed E-state index contributed by atoms with van der Waals surface area (Å²) in [5.41, 5.74) is 0.312. The van der Waals surface area contributed by atoms with E-state index in [0.29, 0.717) is 25.9 Å². The van der Waals surface area contributed by atoms with Crippen molar-refractivity contribution in [1.82, 2.24) is 4.90 Å². The number of piperidine rings is 1. The largest absolute Gasteiger partial charge is 0.444 e. The second-order valence-electron chi connectivity index (χ2n) is 8.14. The van der Waals surface area contributed by atoms with Crippen LogP contribution in [0.1, 0.15) is 33.6 Å². The van der Waals surface area contributed by atoms with E-state index in [4.69, 9.17) is 4.74 Å². The van der Waals surface area contributed by atoms with Crippen LogP contribution in [-0.2, 0) is 9.53 Å². The molecule has 154 valence electrons. The number of carbonyl (C=O) groups is 2. The van der Waals surface area contributed by atoms with Crippen molar-refractivity contribution in [3.8, 4) is 0 Å². The highest BCUT2D eigenvalue weighted by molar-refractivity contribution is 7.99. The lowest BCUT2D eigenvalue weighted by Crippen LogP contribution is -2.43. The molecule has 29 heavy (non-hydrogen) atoms. The summed E-state index contributed by atoms with van der Waals surface area (Å²) in [4.78, 5) is 28.8. The van der Waals surface area contributed by atoms with Gasteiger partial charge in [0.15, 0.2) is 0 Å². The molecule has 1 heterocycles. The third-order valence-corrected chi connectivity index (χ3v) is 5.72. The van der Waals surface area contributed by atoms with Crippen LogP contribution in [0.15, 0.2) is 64.4 Å². The highest BCUT2D eigenvalue weighted by atomic mass is 32.2. The van der Waals surface area contributed by atoms with Crippen molar-refractivity contribution in [1.29, 1.82) is 0 Å². The highest BCUT2D eigenvalue weighted by Gasteiger charge is 2.30. The van der Waals surface area contributed by atoms with Crippen molar-refractivity contribution in [2.75, 3.05) is 18.4 Å². The Labute approximate surface area is 176 Å². The lowest BCUT2D eigenvalue weighted by molar-refractivity contribution is -0.121. The molecule has 1 aliphatic heterocycles. The highest BCUT2D eigenvalue weighted by Crippen LogP contribution is 2.33. The van der Waals surface area contributed by atoms with E-state index in [2.05, 4.69) is 17.4 Å². The summed E-state index contributed by atoms with van der Waals surface area (Å²) >= 11 is 1.63. The maximum absolute atomic E-state index is 12.8. The molecule has 1 N–H and O–H groups in total. The minimum Gasteiger partial charge on any atom is -0.444 e. The number of anilines is 1. The van der Waals surface area contributed by atoms with Gasteiger partial charge in [-0.2, -0.15) is 0 Å². The second-order valence-corrected chi connectivity index (χ2v) is 9.26. The van der Waals surface area contributed by atoms with Gasteiger partial charge in [0.2, 0.25) is 5.91 Å². The fourth-order valence-electron chi connectivity index (χ4n) is 3.16. The number of nitrogens with one attached hydrogen (secondary N) is 1. The van der Waals surface area contributed by atoms with Gasteiger partial charge in [-0.05, 0) is 57.9 Å². The molecule has 0 unspecified atom stereocenters. The predicted molar refractivity (Wildman–Crippen MR) is 116 cm³/mol. The van der Waals surface area contributed by atoms with E-state index in [9.17, 15) is 9.59 Å². The number of hydrogen-bond acceptors (Lipinski definition) is 4. The van der Waals surface area contributed by atoms with Gasteiger partial charge in [-0.15, -0.1) is 0 Å². The van der Waals surface area contributed by atoms with Crippen molar-refractivity contribution in [3.63, 3.8) is 0 Å². The average Bonchev–Trinajstić information content (AvgIpc) is 2.69. The number of amides is 2. The van der Waals surface area contributed by atoms with Crippen LogP contribution in [0, 0.1) is 5.92 Å². The normalized spacial score (nSPS) is 15.1. The minimum atomic E-state index is -0.508. The van der Waals surface area contributed by atoms with E-state index >= 15 is 0 Å². The van der Waals surface area contributed by atoms with Gasteiger partial charge in [-0.3, -0.25) is 4.79 Å². The van der Waals surface area contributed by atoms with E-state index in [1.54, 1.807) is 16.7 Å². The average molecular weight is 413 g/mol. The van der Waals surface area contributed by atoms with E-state index < -0.39 is 5.60 Å². The van der Waals surface area contributed by atoms with Crippen LogP contribution in [-0.4, -0.2) is 35.6 Å². The number of para-hydroxylation sites is 1. The Morgan fingerprint density at radius 3 is 2.28 bits per heavy atom. The molecule has 1 aliphatic rings. The Bertz CT molecular complexity index is 841. The maximum Gasteiger partial charge on any atom is 0.410 e. The van der Waals surface area contributed by atoms with E-state index in [-0.39, 0.29) is 17.9 Å². The molecule has 0 aliphatic carbocycles. The molecule has 5 nitrogen and oxygen atoms in total. The number of benzene rings is 2. The van der Waals surface area contributed by atoms with Crippen LogP contribution in [0.3, 0.4) is 0 Å². The Hall–Kier alpha value is -2.47. The molecular formula is C23H28N2O3S. The first-order valence-corrected chi connectivity index (χ1v) is 10.7. The molecule has 0 radical (unpaired) electrons. The van der Waals surface area contributed by atoms with E-state index in [0.717, 1.165) is 15.5 Å². The lowest BCUT2D eigenvalue weighted by atomic mass is 9.96. The van der Waals surface area contributed by atoms with E-state index in [1.807, 2.05) is 63.2 Å². The fourth-order valence-corrected chi connectivity index (χ4v) is 4.08. The van der Waals surface area contributed by atoms with E-state index in [1.165, 1.54) is 0 Å². The quantitative estimate of drug-likeness (QED) is 0.728. The van der Waals surface area contributed by atoms with Crippen LogP contribution in [0.2, 0.25) is 0 Å². The van der Waals surface area contributed by atoms with Gasteiger partial charge in [-0.25, -0.2) is 4.79 Å². The molecule has 2 amide bonds. The number of ether oxygens (including phenoxy) is 1. The van der Waals surface area contributed by atoms with Gasteiger partial charge in [0.1, 0.15) is 5.60 Å². The molecular weight excluding hydrogens is 384 g/mol. The zero-order chi connectivity index (χ0) is 20.9. The SMILES string of the molecule is CC(C)(C)OC(=O)N1CCC(C(=O)Nc2ccccc2Sc2ccccc2)CC1. The van der Waals surface area contributed by atoms with Gasteiger partial charge in [0, 0.05) is 28.8 Å². The van der Waals surface area contributed by atoms with Gasteiger partial charge in [0.05, 0.1) is 5.69 Å². The lowest BCUT2D eigenvalue weighted by Gasteiger charge is -2.33. The molecule has 1 fully saturated rings. The van der Waals surface area contributed by atoms with Crippen LogP contribution in [0.4, 0.5) is 10.5 Å². The third kappa shape index (κ3) is 6.26. The van der Waals surface area contributed by atoms with Crippen LogP contribution >= 0.6 is 11.8 Å². The number of hydrogen-bond donors (Lipinski definition) is 1. The fraction of sp³-hybridized carbons (Fsp3) is 0.391. The Morgan fingerprint density at radius 1 is 1.00 bits per heavy atom. The molecule has 0 bridgehead atoms. The maximum atomic E-state index is 12.8. The minimum absolute atomic E-state index is 0.00921. The van der Waals surface area contributed by atoms with Crippen molar-refractivity contribution in [2.45, 2.75) is 49.0 Å². The van der Waals surface area contributed by atoms with Gasteiger partial charge < -0.3 is 15.0 Å². The first-order chi connectivity index (χ1) is 13.8. The summed E-state index contributed by atoms with van der Waals surface area (Å²) < 4.78 is 5.42. The van der Waals surface area contributed by atoms with Crippen molar-refractivity contribution in [2.24, 2.45) is 5.92 Å². The Kier molecular flexibility index (Phi) is 6.85. The van der Waals surface area contributed by atoms with Crippen molar-refractivity contribution < 1.29 is 14.3 Å². The first-order valence-electron chi connectivity index (χ1n) is 9.92. The summed E-state index contributed by atoms with van der Waals surface area (Å²) in [6, 6.07) is 17.9. The number of carbonyl (C=O) groups excluding carboxylic acids is 2. The third-order valence-electron chi connectivity index (χ3n) is 4.63. The second kappa shape index (κ2) is 9.35. The van der Waals surface area contributed by atoms with Gasteiger partial charge in [0.25, 0.3) is 0 Å². The van der Waals surface area contributed by atoms with Crippen molar-refractivity contribution >= 4 is 29.4 Å². The summed E-state index contributed by atoms with van der Waals surface area (Å²) in [5.74, 6) is -0.0987. The molecule has 0 aromatic heterocycles. The van der Waals surface area contributed by atoms with Gasteiger partial charge >= 0.3 is 6.09 Å². The molecule has 0 spiro atoms. The Morgan fingerprint density at radius 2 is 1.62 bits per heavy atom. The first kappa shape index (κ1) is 21.2. The number of nitrogens with zero attached hydrogens (tertiary/aromatic N) is 1. The molecule has 2 aromatic rings. The van der Waals surface area contributed by atoms with Gasteiger partial charge in [-0.1, -0.05) is 42.1 Å². The van der Waals surface area contributed by atoms with Crippen LogP contribution < -0.4 is 5.32 Å². The number of rotatable bonds is 4. The zero-order valence-electron chi connectivity index (χ0n) is 17.2. The predicted octanol–water partition coefficient (Wildman–Crippen LogP) is 5.42. The standard InChI is InChI=1S/C23H28N2O3S/c1-23(2,3)28-22(27)25-15-13-17(14-16-25)21(26)24-19-11-7-8-12-20(19)29-18-9-5-4-6-10-18/h4-12,17H,13-16H2,1-3H3,(H,24,26). The molecule has 1 saturated heterocycles. The monoisotopic (exact) mass is 412 g/mol. The molecule has 0 atom stereocenters. The zero-order valence-corrected chi connectivity index (χ0v) is 18.0. The van der Waals surface area contributed by atoms with Crippen LogP contribution in [0.5, 0.6) is 0 Å². The summed E-state index contributed by atoms with van der Waals surface area (Å²) in [7, 11) is 0. The van der Waals surface area contributed by atoms with Crippen LogP contribution in [0.25, 0.3) is 0 Å². The number of likely N-dealkylation sites (tertiary alicyclic amines) is 1. The Balaban J connectivity index is 1.57. The molecule has 0 saturated carbocycles. The smallest absolute Gasteiger partial charge is 0.410 e. The topological polar surface area (TPSA) is 58.6 Å². The molecule has 6 heteroatoms. The summed E-state index contributed by atoms with van der Waals surface area (Å²) in [6.45, 7) is 6.64. The molecule has 3 rings (SSSR count). The molecule has 2 aromatic carbocycles. The van der Waals surface area contributed by atoms with Crippen molar-refractivity contribution in [3.05, 3.63) is 54.6 Å².